The first-order valence-corrected chi connectivity index (χ1v) is 5.95. The zero-order valence-corrected chi connectivity index (χ0v) is 10.5. The highest BCUT2D eigenvalue weighted by atomic mass is 79.9. The van der Waals surface area contributed by atoms with E-state index in [0.29, 0.717) is 0 Å². The maximum Gasteiger partial charge on any atom is 0.319 e. The molecule has 1 aromatic carbocycles. The molecular weight excluding hydrogens is 280 g/mol. The molecule has 0 aliphatic rings. The normalized spacial score (nSPS) is 12.4. The van der Waals surface area contributed by atoms with Crippen molar-refractivity contribution >= 4 is 33.7 Å². The minimum atomic E-state index is -0.863. The maximum absolute atomic E-state index is 10.9. The van der Waals surface area contributed by atoms with Gasteiger partial charge in [-0.2, -0.15) is 0 Å². The molecule has 0 amide bonds. The van der Waals surface area contributed by atoms with Crippen LogP contribution in [0.4, 0.5) is 0 Å². The molecule has 0 aliphatic carbocycles. The molecule has 0 heterocycles. The van der Waals surface area contributed by atoms with Crippen molar-refractivity contribution in [3.63, 3.8) is 0 Å². The Morgan fingerprint density at radius 2 is 2.27 bits per heavy atom. The highest BCUT2D eigenvalue weighted by Crippen LogP contribution is 2.30. The molecule has 1 N–H and O–H groups in total. The highest BCUT2D eigenvalue weighted by Gasteiger charge is 2.19. The van der Waals surface area contributed by atoms with E-state index in [4.69, 9.17) is 9.84 Å². The van der Waals surface area contributed by atoms with E-state index in [1.54, 1.807) is 0 Å². The first kappa shape index (κ1) is 12.5. The summed E-state index contributed by atoms with van der Waals surface area (Å²) in [5.41, 5.74) is 0. The summed E-state index contributed by atoms with van der Waals surface area (Å²) in [6.45, 7) is 0.196. The van der Waals surface area contributed by atoms with Gasteiger partial charge in [0.2, 0.25) is 0 Å². The van der Waals surface area contributed by atoms with E-state index in [0.717, 1.165) is 9.37 Å². The van der Waals surface area contributed by atoms with E-state index < -0.39 is 11.2 Å². The summed E-state index contributed by atoms with van der Waals surface area (Å²) in [6, 6.07) is 7.52. The fourth-order valence-corrected chi connectivity index (χ4v) is 2.52. The van der Waals surface area contributed by atoms with Crippen molar-refractivity contribution in [2.45, 2.75) is 10.1 Å². The number of halogens is 1. The van der Waals surface area contributed by atoms with E-state index in [9.17, 15) is 4.79 Å². The quantitative estimate of drug-likeness (QED) is 0.847. The largest absolute Gasteiger partial charge is 0.480 e. The van der Waals surface area contributed by atoms with E-state index in [-0.39, 0.29) is 6.61 Å². The van der Waals surface area contributed by atoms with Crippen molar-refractivity contribution in [1.82, 2.24) is 0 Å². The predicted molar refractivity (Wildman–Crippen MR) is 63.3 cm³/mol. The Morgan fingerprint density at radius 3 is 2.80 bits per heavy atom. The third-order valence-corrected chi connectivity index (χ3v) is 3.89. The van der Waals surface area contributed by atoms with Gasteiger partial charge in [0.15, 0.2) is 0 Å². The summed E-state index contributed by atoms with van der Waals surface area (Å²) in [5, 5.41) is 8.37. The van der Waals surface area contributed by atoms with Crippen molar-refractivity contribution in [3.8, 4) is 0 Å². The molecule has 0 saturated heterocycles. The third-order valence-electron chi connectivity index (χ3n) is 1.70. The molecule has 0 aliphatic heterocycles. The Balaban J connectivity index is 2.74. The molecule has 0 saturated carbocycles. The smallest absolute Gasteiger partial charge is 0.319 e. The van der Waals surface area contributed by atoms with E-state index in [2.05, 4.69) is 15.9 Å². The molecule has 5 heteroatoms. The molecule has 0 aromatic heterocycles. The van der Waals surface area contributed by atoms with Gasteiger partial charge in [0.05, 0.1) is 6.61 Å². The van der Waals surface area contributed by atoms with Crippen molar-refractivity contribution in [2.24, 2.45) is 0 Å². The SMILES string of the molecule is COCC(Sc1ccccc1Br)C(=O)O. The van der Waals surface area contributed by atoms with Gasteiger partial charge in [-0.3, -0.25) is 4.79 Å². The van der Waals surface area contributed by atoms with E-state index in [1.165, 1.54) is 18.9 Å². The number of carboxylic acid groups (broad SMARTS) is 1. The van der Waals surface area contributed by atoms with Gasteiger partial charge in [-0.25, -0.2) is 0 Å². The van der Waals surface area contributed by atoms with Crippen molar-refractivity contribution in [1.29, 1.82) is 0 Å². The summed E-state index contributed by atoms with van der Waals surface area (Å²) in [6.07, 6.45) is 0. The Hall–Kier alpha value is -0.520. The molecule has 0 radical (unpaired) electrons. The fraction of sp³-hybridized carbons (Fsp3) is 0.300. The summed E-state index contributed by atoms with van der Waals surface area (Å²) < 4.78 is 5.76. The molecule has 0 fully saturated rings. The molecule has 1 aromatic rings. The number of methoxy groups -OCH3 is 1. The number of thioether (sulfide) groups is 1. The van der Waals surface area contributed by atoms with Crippen LogP contribution in [-0.4, -0.2) is 30.0 Å². The minimum Gasteiger partial charge on any atom is -0.480 e. The lowest BCUT2D eigenvalue weighted by molar-refractivity contribution is -0.137. The molecule has 1 rings (SSSR count). The second-order valence-electron chi connectivity index (χ2n) is 2.83. The average molecular weight is 291 g/mol. The molecule has 82 valence electrons. The summed E-state index contributed by atoms with van der Waals surface area (Å²) in [4.78, 5) is 11.8. The van der Waals surface area contributed by atoms with E-state index >= 15 is 0 Å². The number of rotatable bonds is 5. The Morgan fingerprint density at radius 1 is 1.60 bits per heavy atom. The predicted octanol–water partition coefficient (Wildman–Crippen LogP) is 2.64. The molecule has 0 bridgehead atoms. The second-order valence-corrected chi connectivity index (χ2v) is 4.93. The summed E-state index contributed by atoms with van der Waals surface area (Å²) in [5.74, 6) is -0.863. The number of ether oxygens (including phenoxy) is 1. The van der Waals surface area contributed by atoms with Gasteiger partial charge < -0.3 is 9.84 Å². The number of aliphatic carboxylic acids is 1. The Bertz CT molecular complexity index is 343. The molecular formula is C10H11BrO3S. The number of carbonyl (C=O) groups is 1. The number of hydrogen-bond donors (Lipinski definition) is 1. The van der Waals surface area contributed by atoms with Crippen LogP contribution in [0.5, 0.6) is 0 Å². The topological polar surface area (TPSA) is 46.5 Å². The van der Waals surface area contributed by atoms with Crippen LogP contribution in [0.1, 0.15) is 0 Å². The zero-order valence-electron chi connectivity index (χ0n) is 8.14. The van der Waals surface area contributed by atoms with Crippen molar-refractivity contribution < 1.29 is 14.6 Å². The monoisotopic (exact) mass is 290 g/mol. The van der Waals surface area contributed by atoms with Gasteiger partial charge in [0, 0.05) is 16.5 Å². The van der Waals surface area contributed by atoms with Crippen molar-refractivity contribution in [2.75, 3.05) is 13.7 Å². The van der Waals surface area contributed by atoms with Crippen LogP contribution in [0.15, 0.2) is 33.6 Å². The van der Waals surface area contributed by atoms with Crippen LogP contribution in [-0.2, 0) is 9.53 Å². The third kappa shape index (κ3) is 3.85. The molecule has 1 unspecified atom stereocenters. The van der Waals surface area contributed by atoms with Gasteiger partial charge >= 0.3 is 5.97 Å². The lowest BCUT2D eigenvalue weighted by Crippen LogP contribution is -2.21. The van der Waals surface area contributed by atoms with Gasteiger partial charge in [-0.05, 0) is 28.1 Å². The highest BCUT2D eigenvalue weighted by molar-refractivity contribution is 9.10. The maximum atomic E-state index is 10.9. The minimum absolute atomic E-state index is 0.196. The fourth-order valence-electron chi connectivity index (χ4n) is 1.00. The van der Waals surface area contributed by atoms with Crippen molar-refractivity contribution in [3.05, 3.63) is 28.7 Å². The van der Waals surface area contributed by atoms with Gasteiger partial charge in [0.25, 0.3) is 0 Å². The summed E-state index contributed by atoms with van der Waals surface area (Å²) in [7, 11) is 1.50. The van der Waals surface area contributed by atoms with Crippen LogP contribution in [0.25, 0.3) is 0 Å². The summed E-state index contributed by atoms with van der Waals surface area (Å²) >= 11 is 4.65. The number of hydrogen-bond acceptors (Lipinski definition) is 3. The van der Waals surface area contributed by atoms with Crippen LogP contribution < -0.4 is 0 Å². The molecule has 3 nitrogen and oxygen atoms in total. The zero-order chi connectivity index (χ0) is 11.3. The second kappa shape index (κ2) is 6.15. The van der Waals surface area contributed by atoms with Crippen LogP contribution in [0, 0.1) is 0 Å². The van der Waals surface area contributed by atoms with E-state index in [1.807, 2.05) is 24.3 Å². The molecule has 1 atom stereocenters. The lowest BCUT2D eigenvalue weighted by Gasteiger charge is -2.11. The molecule has 0 spiro atoms. The van der Waals surface area contributed by atoms with Crippen LogP contribution >= 0.6 is 27.7 Å². The van der Waals surface area contributed by atoms with Crippen LogP contribution in [0.3, 0.4) is 0 Å². The lowest BCUT2D eigenvalue weighted by atomic mass is 10.4. The number of carboxylic acids is 1. The van der Waals surface area contributed by atoms with Crippen LogP contribution in [0.2, 0.25) is 0 Å². The van der Waals surface area contributed by atoms with Gasteiger partial charge in [-0.1, -0.05) is 12.1 Å². The standard InChI is InChI=1S/C10H11BrO3S/c1-14-6-9(10(12)13)15-8-5-3-2-4-7(8)11/h2-5,9H,6H2,1H3,(H,12,13). The Labute approximate surface area is 101 Å². The number of benzene rings is 1. The first-order valence-electron chi connectivity index (χ1n) is 4.28. The Kier molecular flexibility index (Phi) is 5.14. The molecule has 15 heavy (non-hydrogen) atoms. The average Bonchev–Trinajstić information content (AvgIpc) is 2.20. The first-order chi connectivity index (χ1) is 7.15. The van der Waals surface area contributed by atoms with Gasteiger partial charge in [0.1, 0.15) is 5.25 Å². The van der Waals surface area contributed by atoms with Gasteiger partial charge in [-0.15, -0.1) is 11.8 Å².